The van der Waals surface area contributed by atoms with E-state index in [0.717, 1.165) is 0 Å². The van der Waals surface area contributed by atoms with Crippen molar-refractivity contribution >= 4 is 11.8 Å². The second kappa shape index (κ2) is 4.67. The van der Waals surface area contributed by atoms with Crippen LogP contribution in [-0.4, -0.2) is 29.1 Å². The van der Waals surface area contributed by atoms with Crippen molar-refractivity contribution in [1.29, 1.82) is 0 Å². The number of hydrogen-bond donors (Lipinski definition) is 1. The van der Waals surface area contributed by atoms with Crippen LogP contribution >= 0.6 is 0 Å². The van der Waals surface area contributed by atoms with Crippen molar-refractivity contribution in [2.75, 3.05) is 0 Å². The number of ether oxygens (including phenoxy) is 1. The van der Waals surface area contributed by atoms with E-state index in [0.29, 0.717) is 12.8 Å². The fourth-order valence-corrected chi connectivity index (χ4v) is 1.95. The van der Waals surface area contributed by atoms with Gasteiger partial charge in [0, 0.05) is 12.8 Å². The lowest BCUT2D eigenvalue weighted by molar-refractivity contribution is -0.179. The van der Waals surface area contributed by atoms with Gasteiger partial charge in [0.05, 0.1) is 12.2 Å². The lowest BCUT2D eigenvalue weighted by Gasteiger charge is -2.39. The first kappa shape index (κ1) is 12.7. The molecule has 0 unspecified atom stereocenters. The van der Waals surface area contributed by atoms with Gasteiger partial charge in [0.25, 0.3) is 0 Å². The standard InChI is InChI=1S/C12H16O4/c1-4-5-6-10-12(3,11(14)15)9(13)7-8(2)16-10/h1,8,10H,5-7H2,2-3H3,(H,14,15)/t8-,10+,12+/m1/s1. The third-order valence-corrected chi connectivity index (χ3v) is 3.09. The van der Waals surface area contributed by atoms with Crippen molar-refractivity contribution in [3.8, 4) is 12.3 Å². The van der Waals surface area contributed by atoms with Crippen molar-refractivity contribution in [2.24, 2.45) is 5.41 Å². The molecule has 0 aliphatic carbocycles. The molecule has 4 heteroatoms. The second-order valence-corrected chi connectivity index (χ2v) is 4.31. The molecule has 1 saturated heterocycles. The molecule has 0 saturated carbocycles. The van der Waals surface area contributed by atoms with Crippen molar-refractivity contribution in [2.45, 2.75) is 45.3 Å². The fourth-order valence-electron chi connectivity index (χ4n) is 1.95. The molecular formula is C12H16O4. The summed E-state index contributed by atoms with van der Waals surface area (Å²) in [5.41, 5.74) is -1.46. The molecule has 3 atom stereocenters. The number of aliphatic carboxylic acids is 1. The summed E-state index contributed by atoms with van der Waals surface area (Å²) in [4.78, 5) is 23.0. The van der Waals surface area contributed by atoms with Crippen molar-refractivity contribution in [3.05, 3.63) is 0 Å². The number of Topliss-reactive ketones (excluding diaryl/α,β-unsaturated/α-hetero) is 1. The molecule has 0 bridgehead atoms. The lowest BCUT2D eigenvalue weighted by atomic mass is 9.74. The summed E-state index contributed by atoms with van der Waals surface area (Å²) >= 11 is 0. The van der Waals surface area contributed by atoms with E-state index < -0.39 is 17.5 Å². The molecule has 0 spiro atoms. The van der Waals surface area contributed by atoms with Crippen LogP contribution in [0.25, 0.3) is 0 Å². The number of carbonyl (C=O) groups is 2. The van der Waals surface area contributed by atoms with Gasteiger partial charge in [-0.2, -0.15) is 0 Å². The zero-order chi connectivity index (χ0) is 12.3. The van der Waals surface area contributed by atoms with E-state index in [2.05, 4.69) is 5.92 Å². The van der Waals surface area contributed by atoms with Gasteiger partial charge in [0.2, 0.25) is 0 Å². The molecule has 1 aliphatic heterocycles. The van der Waals surface area contributed by atoms with Crippen molar-refractivity contribution < 1.29 is 19.4 Å². The maximum atomic E-state index is 11.8. The van der Waals surface area contributed by atoms with Gasteiger partial charge in [-0.3, -0.25) is 9.59 Å². The lowest BCUT2D eigenvalue weighted by Crippen LogP contribution is -2.53. The number of terminal acetylenes is 1. The molecule has 1 rings (SSSR count). The summed E-state index contributed by atoms with van der Waals surface area (Å²) in [5, 5.41) is 9.17. The molecule has 16 heavy (non-hydrogen) atoms. The monoisotopic (exact) mass is 224 g/mol. The van der Waals surface area contributed by atoms with E-state index in [4.69, 9.17) is 11.2 Å². The number of carboxylic acid groups (broad SMARTS) is 1. The molecule has 0 aromatic rings. The molecule has 0 aromatic carbocycles. The molecule has 1 aliphatic rings. The van der Waals surface area contributed by atoms with Crippen LogP contribution in [0.1, 0.15) is 33.1 Å². The predicted molar refractivity (Wildman–Crippen MR) is 57.8 cm³/mol. The van der Waals surface area contributed by atoms with Crippen LogP contribution in [0.4, 0.5) is 0 Å². The second-order valence-electron chi connectivity index (χ2n) is 4.31. The van der Waals surface area contributed by atoms with E-state index in [1.165, 1.54) is 6.92 Å². The van der Waals surface area contributed by atoms with E-state index in [1.807, 2.05) is 0 Å². The minimum absolute atomic E-state index is 0.148. The molecule has 88 valence electrons. The molecule has 4 nitrogen and oxygen atoms in total. The molecule has 1 fully saturated rings. The van der Waals surface area contributed by atoms with E-state index in [1.54, 1.807) is 6.92 Å². The van der Waals surface area contributed by atoms with Gasteiger partial charge in [-0.1, -0.05) is 0 Å². The summed E-state index contributed by atoms with van der Waals surface area (Å²) < 4.78 is 5.54. The van der Waals surface area contributed by atoms with Crippen LogP contribution < -0.4 is 0 Å². The number of hydrogen-bond acceptors (Lipinski definition) is 3. The highest BCUT2D eigenvalue weighted by atomic mass is 16.5. The Morgan fingerprint density at radius 3 is 2.88 bits per heavy atom. The highest BCUT2D eigenvalue weighted by molar-refractivity contribution is 6.04. The Morgan fingerprint density at radius 2 is 2.38 bits per heavy atom. The van der Waals surface area contributed by atoms with Crippen LogP contribution in [0.5, 0.6) is 0 Å². The Hall–Kier alpha value is -1.34. The summed E-state index contributed by atoms with van der Waals surface area (Å²) in [5.74, 6) is 1.03. The number of carboxylic acids is 1. The highest BCUT2D eigenvalue weighted by Gasteiger charge is 2.52. The topological polar surface area (TPSA) is 63.6 Å². The maximum absolute atomic E-state index is 11.8. The Balaban J connectivity index is 2.94. The summed E-state index contributed by atoms with van der Waals surface area (Å²) in [6.45, 7) is 3.19. The van der Waals surface area contributed by atoms with Crippen molar-refractivity contribution in [3.63, 3.8) is 0 Å². The molecule has 1 N–H and O–H groups in total. The van der Waals surface area contributed by atoms with Gasteiger partial charge < -0.3 is 9.84 Å². The minimum Gasteiger partial charge on any atom is -0.480 e. The predicted octanol–water partition coefficient (Wildman–Crippen LogP) is 1.24. The average Bonchev–Trinajstić information content (AvgIpc) is 2.20. The zero-order valence-electron chi connectivity index (χ0n) is 9.53. The van der Waals surface area contributed by atoms with Crippen molar-refractivity contribution in [1.82, 2.24) is 0 Å². The SMILES string of the molecule is C#CCC[C@@H]1O[C@H](C)CC(=O)[C@]1(C)C(=O)O. The Bertz CT molecular complexity index is 341. The summed E-state index contributed by atoms with van der Waals surface area (Å²) in [7, 11) is 0. The van der Waals surface area contributed by atoms with Crippen LogP contribution in [-0.2, 0) is 14.3 Å². The smallest absolute Gasteiger partial charge is 0.319 e. The van der Waals surface area contributed by atoms with E-state index in [9.17, 15) is 14.7 Å². The Kier molecular flexibility index (Phi) is 3.71. The molecule has 1 heterocycles. The third-order valence-electron chi connectivity index (χ3n) is 3.09. The maximum Gasteiger partial charge on any atom is 0.319 e. The quantitative estimate of drug-likeness (QED) is 0.578. The van der Waals surface area contributed by atoms with Gasteiger partial charge in [0.15, 0.2) is 5.78 Å². The van der Waals surface area contributed by atoms with Crippen LogP contribution in [0.2, 0.25) is 0 Å². The number of rotatable bonds is 3. The Labute approximate surface area is 95.0 Å². The minimum atomic E-state index is -1.46. The molecular weight excluding hydrogens is 208 g/mol. The first-order valence-corrected chi connectivity index (χ1v) is 5.28. The largest absolute Gasteiger partial charge is 0.480 e. The fraction of sp³-hybridized carbons (Fsp3) is 0.667. The molecule has 0 radical (unpaired) electrons. The zero-order valence-corrected chi connectivity index (χ0v) is 9.53. The molecule has 0 amide bonds. The average molecular weight is 224 g/mol. The molecule has 0 aromatic heterocycles. The summed E-state index contributed by atoms with van der Waals surface area (Å²) in [6.07, 6.45) is 5.24. The first-order chi connectivity index (χ1) is 7.42. The van der Waals surface area contributed by atoms with Gasteiger partial charge >= 0.3 is 5.97 Å². The van der Waals surface area contributed by atoms with Gasteiger partial charge in [-0.25, -0.2) is 0 Å². The van der Waals surface area contributed by atoms with E-state index >= 15 is 0 Å². The van der Waals surface area contributed by atoms with Crippen LogP contribution in [0.15, 0.2) is 0 Å². The van der Waals surface area contributed by atoms with Gasteiger partial charge in [-0.15, -0.1) is 12.3 Å². The number of ketones is 1. The van der Waals surface area contributed by atoms with E-state index in [-0.39, 0.29) is 18.3 Å². The Morgan fingerprint density at radius 1 is 1.75 bits per heavy atom. The van der Waals surface area contributed by atoms with Crippen LogP contribution in [0.3, 0.4) is 0 Å². The normalized spacial score (nSPS) is 34.4. The first-order valence-electron chi connectivity index (χ1n) is 5.28. The third kappa shape index (κ3) is 2.10. The summed E-state index contributed by atoms with van der Waals surface area (Å²) in [6, 6.07) is 0. The highest BCUT2D eigenvalue weighted by Crippen LogP contribution is 2.36. The van der Waals surface area contributed by atoms with Gasteiger partial charge in [-0.05, 0) is 20.3 Å². The van der Waals surface area contributed by atoms with Crippen LogP contribution in [0, 0.1) is 17.8 Å². The number of carbonyl (C=O) groups excluding carboxylic acids is 1. The van der Waals surface area contributed by atoms with Gasteiger partial charge in [0.1, 0.15) is 5.41 Å².